The highest BCUT2D eigenvalue weighted by Gasteiger charge is 2.32. The highest BCUT2D eigenvalue weighted by atomic mass is 16.6. The molecule has 30 heavy (non-hydrogen) atoms. The largest absolute Gasteiger partial charge is 0.507 e. The van der Waals surface area contributed by atoms with Crippen LogP contribution in [-0.2, 0) is 9.53 Å². The van der Waals surface area contributed by atoms with Crippen LogP contribution in [0.2, 0.25) is 0 Å². The lowest BCUT2D eigenvalue weighted by molar-refractivity contribution is -0.163. The maximum atomic E-state index is 12.5. The minimum Gasteiger partial charge on any atom is -0.507 e. The van der Waals surface area contributed by atoms with Crippen LogP contribution in [0.25, 0.3) is 6.08 Å². The van der Waals surface area contributed by atoms with Crippen molar-refractivity contribution in [2.24, 2.45) is 0 Å². The van der Waals surface area contributed by atoms with Crippen molar-refractivity contribution < 1.29 is 29.3 Å². The first-order valence-corrected chi connectivity index (χ1v) is 9.66. The molecule has 0 amide bonds. The van der Waals surface area contributed by atoms with Crippen molar-refractivity contribution in [3.63, 3.8) is 0 Å². The summed E-state index contributed by atoms with van der Waals surface area (Å²) < 4.78 is 10.8. The maximum absolute atomic E-state index is 12.5. The number of benzene rings is 2. The zero-order chi connectivity index (χ0) is 22.6. The number of hydrogen-bond acceptors (Lipinski definition) is 6. The molecule has 0 aromatic heterocycles. The molecule has 0 atom stereocenters. The quantitative estimate of drug-likeness (QED) is 0.388. The Morgan fingerprint density at radius 1 is 1.03 bits per heavy atom. The van der Waals surface area contributed by atoms with Gasteiger partial charge in [0, 0.05) is 6.07 Å². The molecule has 2 aromatic rings. The van der Waals surface area contributed by atoms with Gasteiger partial charge in [-0.1, -0.05) is 6.08 Å². The van der Waals surface area contributed by atoms with Crippen LogP contribution in [0.5, 0.6) is 17.2 Å². The van der Waals surface area contributed by atoms with Crippen LogP contribution in [-0.4, -0.2) is 33.7 Å². The monoisotopic (exact) mass is 412 g/mol. The molecule has 0 fully saturated rings. The second kappa shape index (κ2) is 9.03. The van der Waals surface area contributed by atoms with E-state index in [9.17, 15) is 19.8 Å². The molecule has 6 nitrogen and oxygen atoms in total. The first-order valence-electron chi connectivity index (χ1n) is 9.66. The summed E-state index contributed by atoms with van der Waals surface area (Å²) in [5.41, 5.74) is 1.04. The van der Waals surface area contributed by atoms with Gasteiger partial charge in [-0.25, -0.2) is 4.79 Å². The Hall–Kier alpha value is -3.28. The molecule has 6 heteroatoms. The molecule has 0 saturated carbocycles. The van der Waals surface area contributed by atoms with Gasteiger partial charge in [-0.05, 0) is 88.6 Å². The third-order valence-electron chi connectivity index (χ3n) is 4.38. The van der Waals surface area contributed by atoms with Crippen molar-refractivity contribution in [1.82, 2.24) is 0 Å². The van der Waals surface area contributed by atoms with E-state index < -0.39 is 11.6 Å². The Labute approximate surface area is 176 Å². The number of phenolic OH excluding ortho intramolecular Hbond substituents is 2. The van der Waals surface area contributed by atoms with Crippen LogP contribution in [0.15, 0.2) is 36.4 Å². The molecule has 0 spiro atoms. The summed E-state index contributed by atoms with van der Waals surface area (Å²) in [5.74, 6) is -0.704. The maximum Gasteiger partial charge on any atom is 0.350 e. The van der Waals surface area contributed by atoms with Gasteiger partial charge in [-0.3, -0.25) is 4.79 Å². The van der Waals surface area contributed by atoms with E-state index in [1.54, 1.807) is 59.8 Å². The average Bonchev–Trinajstić information content (AvgIpc) is 2.63. The first-order chi connectivity index (χ1) is 13.9. The van der Waals surface area contributed by atoms with Crippen molar-refractivity contribution in [1.29, 1.82) is 0 Å². The molecular formula is C24H28O6. The number of aromatic hydroxyl groups is 2. The Morgan fingerprint density at radius 2 is 1.63 bits per heavy atom. The van der Waals surface area contributed by atoms with Crippen molar-refractivity contribution in [2.75, 3.05) is 0 Å². The summed E-state index contributed by atoms with van der Waals surface area (Å²) in [6, 6.07) is 7.78. The Bertz CT molecular complexity index is 962. The molecule has 0 unspecified atom stereocenters. The minimum absolute atomic E-state index is 0.105. The van der Waals surface area contributed by atoms with E-state index in [4.69, 9.17) is 9.47 Å². The zero-order valence-electron chi connectivity index (χ0n) is 18.1. The highest BCUT2D eigenvalue weighted by Crippen LogP contribution is 2.28. The molecule has 2 rings (SSSR count). The molecule has 0 aliphatic heterocycles. The fourth-order valence-corrected chi connectivity index (χ4v) is 2.82. The SMILES string of the molecule is Cc1cc(/C=C/C(=O)c2ccc(OC(C)(C)C(=O)OC(C)C)cc2O)cc(C)c1O. The molecular weight excluding hydrogens is 384 g/mol. The molecule has 0 heterocycles. The number of hydrogen-bond donors (Lipinski definition) is 2. The Kier molecular flexibility index (Phi) is 6.92. The lowest BCUT2D eigenvalue weighted by atomic mass is 10.0. The number of esters is 1. The Morgan fingerprint density at radius 3 is 2.17 bits per heavy atom. The van der Waals surface area contributed by atoms with Gasteiger partial charge in [0.1, 0.15) is 17.2 Å². The van der Waals surface area contributed by atoms with Gasteiger partial charge < -0.3 is 19.7 Å². The second-order valence-electron chi connectivity index (χ2n) is 7.95. The third-order valence-corrected chi connectivity index (χ3v) is 4.38. The van der Waals surface area contributed by atoms with E-state index in [0.29, 0.717) is 11.1 Å². The van der Waals surface area contributed by atoms with Gasteiger partial charge in [0.25, 0.3) is 0 Å². The van der Waals surface area contributed by atoms with Crippen LogP contribution >= 0.6 is 0 Å². The highest BCUT2D eigenvalue weighted by molar-refractivity contribution is 6.08. The van der Waals surface area contributed by atoms with Crippen LogP contribution in [0.1, 0.15) is 54.7 Å². The van der Waals surface area contributed by atoms with E-state index in [0.717, 1.165) is 5.56 Å². The van der Waals surface area contributed by atoms with E-state index in [1.165, 1.54) is 24.3 Å². The fourth-order valence-electron chi connectivity index (χ4n) is 2.82. The summed E-state index contributed by atoms with van der Waals surface area (Å²) in [4.78, 5) is 24.6. The van der Waals surface area contributed by atoms with Gasteiger partial charge in [0.15, 0.2) is 11.4 Å². The summed E-state index contributed by atoms with van der Waals surface area (Å²) in [7, 11) is 0. The number of phenols is 2. The fraction of sp³-hybridized carbons (Fsp3) is 0.333. The summed E-state index contributed by atoms with van der Waals surface area (Å²) in [6.45, 7) is 10.2. The lowest BCUT2D eigenvalue weighted by Gasteiger charge is -2.25. The number of aryl methyl sites for hydroxylation is 2. The normalized spacial score (nSPS) is 11.7. The van der Waals surface area contributed by atoms with E-state index in [-0.39, 0.29) is 34.7 Å². The summed E-state index contributed by atoms with van der Waals surface area (Å²) in [6.07, 6.45) is 2.70. The molecule has 0 saturated heterocycles. The smallest absolute Gasteiger partial charge is 0.350 e. The van der Waals surface area contributed by atoms with E-state index in [2.05, 4.69) is 0 Å². The van der Waals surface area contributed by atoms with Crippen LogP contribution in [0.4, 0.5) is 0 Å². The summed E-state index contributed by atoms with van der Waals surface area (Å²) in [5, 5.41) is 20.1. The third kappa shape index (κ3) is 5.63. The number of ketones is 1. The molecule has 0 bridgehead atoms. The number of rotatable bonds is 7. The number of allylic oxidation sites excluding steroid dienone is 1. The van der Waals surface area contributed by atoms with Gasteiger partial charge >= 0.3 is 5.97 Å². The van der Waals surface area contributed by atoms with Gasteiger partial charge in [0.2, 0.25) is 0 Å². The van der Waals surface area contributed by atoms with Crippen molar-refractivity contribution in [3.05, 3.63) is 58.7 Å². The van der Waals surface area contributed by atoms with E-state index >= 15 is 0 Å². The Balaban J connectivity index is 2.16. The topological polar surface area (TPSA) is 93.1 Å². The standard InChI is InChI=1S/C24H28O6/c1-14(2)29-23(28)24(5,6)30-18-8-9-19(21(26)13-18)20(25)10-7-17-11-15(3)22(27)16(4)12-17/h7-14,26-27H,1-6H3/b10-7+. The van der Waals surface area contributed by atoms with Crippen LogP contribution < -0.4 is 4.74 Å². The first kappa shape index (κ1) is 23.0. The lowest BCUT2D eigenvalue weighted by Crippen LogP contribution is -2.40. The predicted octanol–water partition coefficient (Wildman–Crippen LogP) is 4.72. The minimum atomic E-state index is -1.25. The van der Waals surface area contributed by atoms with Crippen LogP contribution in [0, 0.1) is 13.8 Å². The molecule has 160 valence electrons. The van der Waals surface area contributed by atoms with Gasteiger partial charge in [-0.15, -0.1) is 0 Å². The molecule has 2 aromatic carbocycles. The molecule has 0 aliphatic rings. The average molecular weight is 412 g/mol. The van der Waals surface area contributed by atoms with Crippen molar-refractivity contribution >= 4 is 17.8 Å². The second-order valence-corrected chi connectivity index (χ2v) is 7.95. The summed E-state index contributed by atoms with van der Waals surface area (Å²) >= 11 is 0. The predicted molar refractivity (Wildman–Crippen MR) is 115 cm³/mol. The van der Waals surface area contributed by atoms with E-state index in [1.807, 2.05) is 0 Å². The van der Waals surface area contributed by atoms with Crippen molar-refractivity contribution in [2.45, 2.75) is 53.2 Å². The van der Waals surface area contributed by atoms with Gasteiger partial charge in [-0.2, -0.15) is 0 Å². The molecule has 0 aliphatic carbocycles. The number of ether oxygens (including phenoxy) is 2. The van der Waals surface area contributed by atoms with Crippen LogP contribution in [0.3, 0.4) is 0 Å². The molecule has 0 radical (unpaired) electrons. The van der Waals surface area contributed by atoms with Gasteiger partial charge in [0.05, 0.1) is 11.7 Å². The number of carbonyl (C=O) groups is 2. The zero-order valence-corrected chi connectivity index (χ0v) is 18.1. The number of carbonyl (C=O) groups excluding carboxylic acids is 2. The molecule has 2 N–H and O–H groups in total. The van der Waals surface area contributed by atoms with Crippen molar-refractivity contribution in [3.8, 4) is 17.2 Å².